The second kappa shape index (κ2) is 6.84. The van der Waals surface area contributed by atoms with Crippen molar-refractivity contribution < 1.29 is 5.11 Å². The van der Waals surface area contributed by atoms with Gasteiger partial charge in [0.25, 0.3) is 0 Å². The summed E-state index contributed by atoms with van der Waals surface area (Å²) in [6, 6.07) is 21.5. The summed E-state index contributed by atoms with van der Waals surface area (Å²) in [5.74, 6) is 0.198. The van der Waals surface area contributed by atoms with E-state index in [0.717, 1.165) is 27.9 Å². The molecule has 2 heterocycles. The first-order chi connectivity index (χ1) is 12.7. The van der Waals surface area contributed by atoms with Crippen LogP contribution in [0.15, 0.2) is 79.1 Å². The average molecular weight is 341 g/mol. The highest BCUT2D eigenvalue weighted by Gasteiger charge is 2.20. The summed E-state index contributed by atoms with van der Waals surface area (Å²) in [4.78, 5) is 8.77. The molecule has 26 heavy (non-hydrogen) atoms. The van der Waals surface area contributed by atoms with Crippen LogP contribution in [0, 0.1) is 6.92 Å². The Morgan fingerprint density at radius 1 is 0.923 bits per heavy atom. The lowest BCUT2D eigenvalue weighted by atomic mass is 9.97. The zero-order valence-electron chi connectivity index (χ0n) is 14.4. The molecule has 0 aliphatic heterocycles. The standard InChI is InChI=1S/C22H19N3O/c1-15-9-10-16-11-12-19(22(26)21(16)24-15)20(17-6-5-13-23-14-17)25-18-7-3-2-4-8-18/h2-14,20,25-26H,1H3. The first-order valence-electron chi connectivity index (χ1n) is 8.53. The Bertz CT molecular complexity index is 1030. The van der Waals surface area contributed by atoms with E-state index in [2.05, 4.69) is 15.3 Å². The number of nitrogens with zero attached hydrogens (tertiary/aromatic N) is 2. The van der Waals surface area contributed by atoms with Gasteiger partial charge >= 0.3 is 0 Å². The summed E-state index contributed by atoms with van der Waals surface area (Å²) in [6.45, 7) is 1.92. The topological polar surface area (TPSA) is 58.0 Å². The fourth-order valence-electron chi connectivity index (χ4n) is 3.11. The summed E-state index contributed by atoms with van der Waals surface area (Å²) in [6.07, 6.45) is 3.56. The summed E-state index contributed by atoms with van der Waals surface area (Å²) in [7, 11) is 0. The summed E-state index contributed by atoms with van der Waals surface area (Å²) in [5, 5.41) is 15.4. The number of rotatable bonds is 4. The number of phenols is 1. The highest BCUT2D eigenvalue weighted by Crippen LogP contribution is 2.36. The van der Waals surface area contributed by atoms with Crippen molar-refractivity contribution in [1.29, 1.82) is 0 Å². The van der Waals surface area contributed by atoms with Gasteiger partial charge in [0, 0.05) is 34.7 Å². The van der Waals surface area contributed by atoms with Crippen LogP contribution in [0.2, 0.25) is 0 Å². The van der Waals surface area contributed by atoms with E-state index in [1.165, 1.54) is 0 Å². The molecule has 2 aromatic heterocycles. The minimum absolute atomic E-state index is 0.198. The third-order valence-electron chi connectivity index (χ3n) is 4.42. The predicted molar refractivity (Wildman–Crippen MR) is 104 cm³/mol. The van der Waals surface area contributed by atoms with E-state index in [1.54, 1.807) is 6.20 Å². The zero-order valence-corrected chi connectivity index (χ0v) is 14.4. The molecule has 4 nitrogen and oxygen atoms in total. The predicted octanol–water partition coefficient (Wildman–Crippen LogP) is 4.85. The lowest BCUT2D eigenvalue weighted by Crippen LogP contribution is -2.13. The van der Waals surface area contributed by atoms with Gasteiger partial charge in [0.05, 0.1) is 6.04 Å². The Labute approximate surface area is 152 Å². The molecular formula is C22H19N3O. The van der Waals surface area contributed by atoms with Gasteiger partial charge in [-0.3, -0.25) is 4.98 Å². The maximum absolute atomic E-state index is 11.0. The number of phenolic OH excluding ortho intramolecular Hbond substituents is 1. The Balaban J connectivity index is 1.86. The molecule has 1 unspecified atom stereocenters. The molecule has 0 aliphatic rings. The maximum atomic E-state index is 11.0. The Kier molecular flexibility index (Phi) is 4.23. The van der Waals surface area contributed by atoms with E-state index < -0.39 is 0 Å². The molecule has 0 bridgehead atoms. The second-order valence-electron chi connectivity index (χ2n) is 6.26. The number of aromatic nitrogens is 2. The second-order valence-corrected chi connectivity index (χ2v) is 6.26. The van der Waals surface area contributed by atoms with Crippen molar-refractivity contribution >= 4 is 16.6 Å². The van der Waals surface area contributed by atoms with E-state index in [4.69, 9.17) is 0 Å². The van der Waals surface area contributed by atoms with Crippen molar-refractivity contribution in [3.05, 3.63) is 95.9 Å². The lowest BCUT2D eigenvalue weighted by Gasteiger charge is -2.22. The molecule has 0 radical (unpaired) electrons. The molecule has 2 aromatic carbocycles. The number of anilines is 1. The highest BCUT2D eigenvalue weighted by atomic mass is 16.3. The van der Waals surface area contributed by atoms with Crippen molar-refractivity contribution in [3.8, 4) is 5.75 Å². The van der Waals surface area contributed by atoms with Gasteiger partial charge in [0.15, 0.2) is 0 Å². The monoisotopic (exact) mass is 341 g/mol. The number of fused-ring (bicyclic) bond motifs is 1. The molecule has 128 valence electrons. The average Bonchev–Trinajstić information content (AvgIpc) is 2.69. The third kappa shape index (κ3) is 3.09. The Morgan fingerprint density at radius 2 is 1.73 bits per heavy atom. The molecule has 4 heteroatoms. The Hall–Kier alpha value is -3.40. The van der Waals surface area contributed by atoms with Crippen molar-refractivity contribution in [3.63, 3.8) is 0 Å². The van der Waals surface area contributed by atoms with Crippen molar-refractivity contribution in [1.82, 2.24) is 9.97 Å². The molecule has 0 amide bonds. The van der Waals surface area contributed by atoms with E-state index >= 15 is 0 Å². The molecule has 4 aromatic rings. The first kappa shape index (κ1) is 16.1. The number of nitrogens with one attached hydrogen (secondary N) is 1. The number of aryl methyl sites for hydroxylation is 1. The van der Waals surface area contributed by atoms with Gasteiger partial charge in [-0.05, 0) is 36.8 Å². The van der Waals surface area contributed by atoms with Crippen LogP contribution >= 0.6 is 0 Å². The molecule has 4 rings (SSSR count). The first-order valence-corrected chi connectivity index (χ1v) is 8.53. The van der Waals surface area contributed by atoms with Crippen molar-refractivity contribution in [2.45, 2.75) is 13.0 Å². The maximum Gasteiger partial charge on any atom is 0.147 e. The third-order valence-corrected chi connectivity index (χ3v) is 4.42. The largest absolute Gasteiger partial charge is 0.505 e. The van der Waals surface area contributed by atoms with Gasteiger partial charge in [-0.25, -0.2) is 4.98 Å². The van der Waals surface area contributed by atoms with Crippen LogP contribution in [0.1, 0.15) is 22.9 Å². The number of hydrogen-bond acceptors (Lipinski definition) is 4. The van der Waals surface area contributed by atoms with Crippen molar-refractivity contribution in [2.24, 2.45) is 0 Å². The van der Waals surface area contributed by atoms with Gasteiger partial charge in [-0.2, -0.15) is 0 Å². The van der Waals surface area contributed by atoms with Gasteiger partial charge in [0.1, 0.15) is 11.3 Å². The molecule has 1 atom stereocenters. The van der Waals surface area contributed by atoms with E-state index in [9.17, 15) is 5.11 Å². The zero-order chi connectivity index (χ0) is 17.9. The molecule has 0 fully saturated rings. The molecule has 0 saturated carbocycles. The Morgan fingerprint density at radius 3 is 2.50 bits per heavy atom. The van der Waals surface area contributed by atoms with Gasteiger partial charge in [0.2, 0.25) is 0 Å². The quantitative estimate of drug-likeness (QED) is 0.557. The lowest BCUT2D eigenvalue weighted by molar-refractivity contribution is 0.471. The SMILES string of the molecule is Cc1ccc2ccc(C(Nc3ccccc3)c3cccnc3)c(O)c2n1. The van der Waals surface area contributed by atoms with E-state index in [1.807, 2.05) is 79.9 Å². The van der Waals surface area contributed by atoms with Crippen LogP contribution < -0.4 is 5.32 Å². The normalized spacial score (nSPS) is 12.0. The van der Waals surface area contributed by atoms with Crippen molar-refractivity contribution in [2.75, 3.05) is 5.32 Å². The molecule has 0 spiro atoms. The van der Waals surface area contributed by atoms with E-state index in [-0.39, 0.29) is 11.8 Å². The number of aromatic hydroxyl groups is 1. The summed E-state index contributed by atoms with van der Waals surface area (Å²) in [5.41, 5.74) is 4.20. The molecule has 2 N–H and O–H groups in total. The number of pyridine rings is 2. The van der Waals surface area contributed by atoms with Crippen LogP contribution in [0.3, 0.4) is 0 Å². The fraction of sp³-hybridized carbons (Fsp3) is 0.0909. The minimum atomic E-state index is -0.238. The number of benzene rings is 2. The minimum Gasteiger partial charge on any atom is -0.505 e. The summed E-state index contributed by atoms with van der Waals surface area (Å²) < 4.78 is 0. The smallest absolute Gasteiger partial charge is 0.147 e. The van der Waals surface area contributed by atoms with Gasteiger partial charge in [-0.15, -0.1) is 0 Å². The summed E-state index contributed by atoms with van der Waals surface area (Å²) >= 11 is 0. The van der Waals surface area contributed by atoms with Crippen LogP contribution in [0.4, 0.5) is 5.69 Å². The fourth-order valence-corrected chi connectivity index (χ4v) is 3.11. The van der Waals surface area contributed by atoms with Gasteiger partial charge < -0.3 is 10.4 Å². The van der Waals surface area contributed by atoms with Crippen LogP contribution in [0.5, 0.6) is 5.75 Å². The van der Waals surface area contributed by atoms with Crippen LogP contribution in [-0.2, 0) is 0 Å². The molecular weight excluding hydrogens is 322 g/mol. The number of para-hydroxylation sites is 1. The molecule has 0 saturated heterocycles. The molecule has 0 aliphatic carbocycles. The number of hydrogen-bond donors (Lipinski definition) is 2. The van der Waals surface area contributed by atoms with Crippen LogP contribution in [-0.4, -0.2) is 15.1 Å². The van der Waals surface area contributed by atoms with Gasteiger partial charge in [-0.1, -0.05) is 42.5 Å². The highest BCUT2D eigenvalue weighted by molar-refractivity contribution is 5.86. The van der Waals surface area contributed by atoms with Crippen LogP contribution in [0.25, 0.3) is 10.9 Å². The van der Waals surface area contributed by atoms with E-state index in [0.29, 0.717) is 5.52 Å².